The number of halogens is 1. The minimum Gasteiger partial charge on any atom is -0.351 e. The van der Waals surface area contributed by atoms with Crippen LogP contribution < -0.4 is 10.5 Å². The van der Waals surface area contributed by atoms with Crippen LogP contribution in [0.4, 0.5) is 0 Å². The highest BCUT2D eigenvalue weighted by atomic mass is 35.5. The maximum atomic E-state index is 11.9. The Morgan fingerprint density at radius 3 is 2.70 bits per heavy atom. The third-order valence-electron chi connectivity index (χ3n) is 2.39. The van der Waals surface area contributed by atoms with Crippen LogP contribution in [0.3, 0.4) is 0 Å². The third-order valence-corrected chi connectivity index (χ3v) is 3.52. The zero-order valence-corrected chi connectivity index (χ0v) is 12.8. The molecule has 0 bridgehead atoms. The van der Waals surface area contributed by atoms with Gasteiger partial charge in [-0.3, -0.25) is 4.79 Å². The van der Waals surface area contributed by atoms with Crippen molar-refractivity contribution in [3.63, 3.8) is 0 Å². The maximum absolute atomic E-state index is 11.9. The van der Waals surface area contributed by atoms with Crippen LogP contribution in [0.1, 0.15) is 42.5 Å². The van der Waals surface area contributed by atoms with Crippen molar-refractivity contribution in [2.24, 2.45) is 5.14 Å². The van der Waals surface area contributed by atoms with E-state index in [2.05, 4.69) is 15.3 Å². The van der Waals surface area contributed by atoms with Crippen LogP contribution in [-0.2, 0) is 10.0 Å². The van der Waals surface area contributed by atoms with Gasteiger partial charge in [-0.25, -0.2) is 23.5 Å². The van der Waals surface area contributed by atoms with Crippen molar-refractivity contribution >= 4 is 27.5 Å². The second-order valence-corrected chi connectivity index (χ2v) is 6.70. The molecule has 20 heavy (non-hydrogen) atoms. The van der Waals surface area contributed by atoms with Gasteiger partial charge < -0.3 is 5.32 Å². The molecule has 7 nitrogen and oxygen atoms in total. The lowest BCUT2D eigenvalue weighted by atomic mass is 10.2. The van der Waals surface area contributed by atoms with Crippen LogP contribution in [0.5, 0.6) is 0 Å². The molecule has 0 spiro atoms. The van der Waals surface area contributed by atoms with Gasteiger partial charge in [-0.15, -0.1) is 0 Å². The van der Waals surface area contributed by atoms with Crippen molar-refractivity contribution in [2.75, 3.05) is 12.3 Å². The monoisotopic (exact) mass is 320 g/mol. The number of nitrogens with zero attached hydrogens (tertiary/aromatic N) is 2. The third kappa shape index (κ3) is 5.40. The van der Waals surface area contributed by atoms with Crippen molar-refractivity contribution in [3.8, 4) is 0 Å². The minimum atomic E-state index is -3.52. The molecule has 1 aromatic heterocycles. The highest BCUT2D eigenvalue weighted by molar-refractivity contribution is 7.89. The molecule has 112 valence electrons. The minimum absolute atomic E-state index is 0.0706. The molecule has 0 unspecified atom stereocenters. The van der Waals surface area contributed by atoms with Crippen molar-refractivity contribution in [3.05, 3.63) is 22.7 Å². The number of amides is 1. The number of carbonyl (C=O) groups is 1. The van der Waals surface area contributed by atoms with Crippen LogP contribution in [0.2, 0.25) is 5.02 Å². The van der Waals surface area contributed by atoms with Crippen LogP contribution in [0.25, 0.3) is 0 Å². The molecular weight excluding hydrogens is 304 g/mol. The highest BCUT2D eigenvalue weighted by Crippen LogP contribution is 2.16. The van der Waals surface area contributed by atoms with E-state index in [9.17, 15) is 13.2 Å². The fraction of sp³-hybridized carbons (Fsp3) is 0.545. The molecule has 0 atom stereocenters. The van der Waals surface area contributed by atoms with E-state index in [4.69, 9.17) is 16.7 Å². The number of aromatic nitrogens is 2. The standard InChI is InChI=1S/C11H17ClN4O3S/c1-7(2)10-15-6-8(12)9(16-10)11(17)14-4-3-5-20(13,18)19/h6-7H,3-5H2,1-2H3,(H,14,17)(H2,13,18,19). The molecule has 1 aromatic rings. The quantitative estimate of drug-likeness (QED) is 0.747. The highest BCUT2D eigenvalue weighted by Gasteiger charge is 2.15. The summed E-state index contributed by atoms with van der Waals surface area (Å²) < 4.78 is 21.5. The number of sulfonamides is 1. The molecule has 0 aliphatic heterocycles. The zero-order chi connectivity index (χ0) is 15.3. The molecule has 1 heterocycles. The average Bonchev–Trinajstić information content (AvgIpc) is 2.33. The number of nitrogens with one attached hydrogen (secondary N) is 1. The van der Waals surface area contributed by atoms with Crippen molar-refractivity contribution in [1.82, 2.24) is 15.3 Å². The Morgan fingerprint density at radius 2 is 2.15 bits per heavy atom. The van der Waals surface area contributed by atoms with E-state index in [1.165, 1.54) is 6.20 Å². The maximum Gasteiger partial charge on any atom is 0.271 e. The molecule has 0 saturated heterocycles. The molecule has 9 heteroatoms. The summed E-state index contributed by atoms with van der Waals surface area (Å²) in [4.78, 5) is 20.0. The number of rotatable bonds is 6. The second-order valence-electron chi connectivity index (χ2n) is 4.56. The van der Waals surface area contributed by atoms with Crippen LogP contribution >= 0.6 is 11.6 Å². The largest absolute Gasteiger partial charge is 0.351 e. The summed E-state index contributed by atoms with van der Waals surface area (Å²) in [7, 11) is -3.52. The van der Waals surface area contributed by atoms with E-state index in [0.29, 0.717) is 5.82 Å². The summed E-state index contributed by atoms with van der Waals surface area (Å²) in [6, 6.07) is 0. The lowest BCUT2D eigenvalue weighted by Gasteiger charge is -2.08. The molecule has 1 amide bonds. The molecule has 0 aliphatic carbocycles. The summed E-state index contributed by atoms with van der Waals surface area (Å²) in [5.74, 6) is -0.0684. The number of hydrogen-bond acceptors (Lipinski definition) is 5. The summed E-state index contributed by atoms with van der Waals surface area (Å²) in [6.45, 7) is 3.97. The Bertz CT molecular complexity index is 589. The van der Waals surface area contributed by atoms with Gasteiger partial charge in [-0.05, 0) is 6.42 Å². The molecule has 0 radical (unpaired) electrons. The van der Waals surface area contributed by atoms with Gasteiger partial charge in [0, 0.05) is 12.5 Å². The normalized spacial score (nSPS) is 11.7. The Morgan fingerprint density at radius 1 is 1.50 bits per heavy atom. The Labute approximate surface area is 123 Å². The molecular formula is C11H17ClN4O3S. The predicted octanol–water partition coefficient (Wildman–Crippen LogP) is 0.662. The number of carbonyl (C=O) groups excluding carboxylic acids is 1. The van der Waals surface area contributed by atoms with E-state index in [0.717, 1.165) is 0 Å². The Kier molecular flexibility index (Phi) is 5.85. The van der Waals surface area contributed by atoms with Gasteiger partial charge in [0.25, 0.3) is 5.91 Å². The SMILES string of the molecule is CC(C)c1ncc(Cl)c(C(=O)NCCCS(N)(=O)=O)n1. The number of nitrogens with two attached hydrogens (primary N) is 1. The van der Waals surface area contributed by atoms with Gasteiger partial charge in [0.15, 0.2) is 0 Å². The van der Waals surface area contributed by atoms with Gasteiger partial charge in [0.2, 0.25) is 10.0 Å². The summed E-state index contributed by atoms with van der Waals surface area (Å²) in [5.41, 5.74) is 0.0842. The molecule has 0 aliphatic rings. The van der Waals surface area contributed by atoms with Crippen molar-refractivity contribution in [2.45, 2.75) is 26.2 Å². The van der Waals surface area contributed by atoms with Gasteiger partial charge in [0.1, 0.15) is 11.5 Å². The number of hydrogen-bond donors (Lipinski definition) is 2. The van der Waals surface area contributed by atoms with Crippen LogP contribution in [-0.4, -0.2) is 36.6 Å². The molecule has 0 saturated carbocycles. The predicted molar refractivity (Wildman–Crippen MR) is 76.1 cm³/mol. The van der Waals surface area contributed by atoms with E-state index in [1.807, 2.05) is 13.8 Å². The Balaban J connectivity index is 2.65. The van der Waals surface area contributed by atoms with Gasteiger partial charge in [-0.2, -0.15) is 0 Å². The lowest BCUT2D eigenvalue weighted by molar-refractivity contribution is 0.0948. The average molecular weight is 321 g/mol. The summed E-state index contributed by atoms with van der Waals surface area (Å²) in [5, 5.41) is 7.55. The smallest absolute Gasteiger partial charge is 0.271 e. The van der Waals surface area contributed by atoms with E-state index < -0.39 is 15.9 Å². The van der Waals surface area contributed by atoms with Crippen LogP contribution in [0, 0.1) is 0 Å². The summed E-state index contributed by atoms with van der Waals surface area (Å²) in [6.07, 6.45) is 1.60. The first-order valence-electron chi connectivity index (χ1n) is 6.02. The fourth-order valence-corrected chi connectivity index (χ4v) is 2.10. The van der Waals surface area contributed by atoms with Crippen molar-refractivity contribution < 1.29 is 13.2 Å². The van der Waals surface area contributed by atoms with E-state index >= 15 is 0 Å². The molecule has 1 rings (SSSR count). The topological polar surface area (TPSA) is 115 Å². The fourth-order valence-electron chi connectivity index (χ4n) is 1.38. The second kappa shape index (κ2) is 6.96. The molecule has 0 aromatic carbocycles. The van der Waals surface area contributed by atoms with Gasteiger partial charge >= 0.3 is 0 Å². The van der Waals surface area contributed by atoms with E-state index in [1.54, 1.807) is 0 Å². The van der Waals surface area contributed by atoms with Gasteiger partial charge in [0.05, 0.1) is 17.0 Å². The van der Waals surface area contributed by atoms with Gasteiger partial charge in [-0.1, -0.05) is 25.4 Å². The first kappa shape index (κ1) is 16.8. The van der Waals surface area contributed by atoms with Crippen LogP contribution in [0.15, 0.2) is 6.20 Å². The van der Waals surface area contributed by atoms with E-state index in [-0.39, 0.29) is 35.4 Å². The Hall–Kier alpha value is -1.25. The lowest BCUT2D eigenvalue weighted by Crippen LogP contribution is -2.28. The molecule has 3 N–H and O–H groups in total. The summed E-state index contributed by atoms with van der Waals surface area (Å²) >= 11 is 5.88. The molecule has 0 fully saturated rings. The first-order chi connectivity index (χ1) is 9.20. The number of primary sulfonamides is 1. The van der Waals surface area contributed by atoms with Crippen molar-refractivity contribution in [1.29, 1.82) is 0 Å². The zero-order valence-electron chi connectivity index (χ0n) is 11.3. The first-order valence-corrected chi connectivity index (χ1v) is 8.11.